The minimum atomic E-state index is 0.0442. The van der Waals surface area contributed by atoms with E-state index in [-0.39, 0.29) is 5.91 Å². The van der Waals surface area contributed by atoms with Crippen molar-refractivity contribution < 1.29 is 9.53 Å². The number of aromatic amines is 1. The Hall–Kier alpha value is -2.75. The van der Waals surface area contributed by atoms with Gasteiger partial charge in [-0.1, -0.05) is 18.2 Å². The molecule has 0 bridgehead atoms. The van der Waals surface area contributed by atoms with Crippen LogP contribution in [0.15, 0.2) is 54.7 Å². The molecule has 0 aliphatic rings. The van der Waals surface area contributed by atoms with Crippen molar-refractivity contribution in [3.8, 4) is 5.75 Å². The van der Waals surface area contributed by atoms with Crippen LogP contribution in [-0.2, 0) is 17.6 Å². The summed E-state index contributed by atoms with van der Waals surface area (Å²) < 4.78 is 5.20. The van der Waals surface area contributed by atoms with Gasteiger partial charge in [-0.2, -0.15) is 0 Å². The maximum atomic E-state index is 12.1. The van der Waals surface area contributed by atoms with Gasteiger partial charge in [-0.25, -0.2) is 0 Å². The Morgan fingerprint density at radius 1 is 1.13 bits per heavy atom. The van der Waals surface area contributed by atoms with Crippen molar-refractivity contribution in [2.45, 2.75) is 12.8 Å². The van der Waals surface area contributed by atoms with Crippen molar-refractivity contribution in [2.24, 2.45) is 0 Å². The molecule has 0 spiro atoms. The third-order valence-corrected chi connectivity index (χ3v) is 3.85. The molecule has 1 heterocycles. The van der Waals surface area contributed by atoms with Gasteiger partial charge in [-0.15, -0.1) is 0 Å². The first kappa shape index (κ1) is 15.2. The molecule has 118 valence electrons. The van der Waals surface area contributed by atoms with E-state index in [4.69, 9.17) is 4.74 Å². The summed E-state index contributed by atoms with van der Waals surface area (Å²) in [5.41, 5.74) is 3.27. The quantitative estimate of drug-likeness (QED) is 0.735. The molecule has 23 heavy (non-hydrogen) atoms. The van der Waals surface area contributed by atoms with E-state index in [0.29, 0.717) is 13.0 Å². The molecule has 0 radical (unpaired) electrons. The van der Waals surface area contributed by atoms with Crippen LogP contribution in [0.3, 0.4) is 0 Å². The van der Waals surface area contributed by atoms with Gasteiger partial charge in [0.25, 0.3) is 0 Å². The third-order valence-electron chi connectivity index (χ3n) is 3.85. The predicted octanol–water partition coefficient (Wildman–Crippen LogP) is 3.08. The molecule has 0 aliphatic heterocycles. The SMILES string of the molecule is COc1cccc(CCNC(=O)Cc2ccc3[nH]ccc3c2)c1. The van der Waals surface area contributed by atoms with Gasteiger partial charge in [0.05, 0.1) is 13.5 Å². The number of rotatable bonds is 6. The van der Waals surface area contributed by atoms with Crippen LogP contribution < -0.4 is 10.1 Å². The fourth-order valence-corrected chi connectivity index (χ4v) is 2.63. The molecule has 3 rings (SSSR count). The highest BCUT2D eigenvalue weighted by atomic mass is 16.5. The van der Waals surface area contributed by atoms with Crippen LogP contribution in [0.1, 0.15) is 11.1 Å². The van der Waals surface area contributed by atoms with Crippen molar-refractivity contribution in [3.63, 3.8) is 0 Å². The molecule has 0 aliphatic carbocycles. The molecule has 0 unspecified atom stereocenters. The van der Waals surface area contributed by atoms with Gasteiger partial charge in [-0.3, -0.25) is 4.79 Å². The first-order valence-corrected chi connectivity index (χ1v) is 7.70. The number of ether oxygens (including phenoxy) is 1. The van der Waals surface area contributed by atoms with Crippen molar-refractivity contribution in [3.05, 3.63) is 65.9 Å². The molecule has 2 aromatic carbocycles. The Kier molecular flexibility index (Phi) is 4.62. The van der Waals surface area contributed by atoms with Crippen molar-refractivity contribution in [2.75, 3.05) is 13.7 Å². The lowest BCUT2D eigenvalue weighted by Gasteiger charge is -2.07. The topological polar surface area (TPSA) is 54.1 Å². The number of H-pyrrole nitrogens is 1. The number of benzene rings is 2. The smallest absolute Gasteiger partial charge is 0.224 e. The summed E-state index contributed by atoms with van der Waals surface area (Å²) in [6.07, 6.45) is 3.10. The normalized spacial score (nSPS) is 10.7. The summed E-state index contributed by atoms with van der Waals surface area (Å²) in [6, 6.07) is 16.0. The zero-order chi connectivity index (χ0) is 16.1. The summed E-state index contributed by atoms with van der Waals surface area (Å²) in [7, 11) is 1.65. The lowest BCUT2D eigenvalue weighted by molar-refractivity contribution is -0.120. The van der Waals surface area contributed by atoms with Crippen LogP contribution in [0.5, 0.6) is 5.75 Å². The Balaban J connectivity index is 1.51. The molecular formula is C19H20N2O2. The molecule has 3 aromatic rings. The Bertz CT molecular complexity index is 808. The zero-order valence-corrected chi connectivity index (χ0v) is 13.1. The van der Waals surface area contributed by atoms with E-state index in [1.54, 1.807) is 7.11 Å². The lowest BCUT2D eigenvalue weighted by Crippen LogP contribution is -2.27. The molecule has 0 fully saturated rings. The molecule has 1 amide bonds. The van der Waals surface area contributed by atoms with E-state index in [9.17, 15) is 4.79 Å². The van der Waals surface area contributed by atoms with Crippen molar-refractivity contribution >= 4 is 16.8 Å². The monoisotopic (exact) mass is 308 g/mol. The Morgan fingerprint density at radius 2 is 2.04 bits per heavy atom. The molecule has 0 saturated heterocycles. The highest BCUT2D eigenvalue weighted by molar-refractivity contribution is 5.83. The predicted molar refractivity (Wildman–Crippen MR) is 91.7 cm³/mol. The summed E-state index contributed by atoms with van der Waals surface area (Å²) >= 11 is 0. The summed E-state index contributed by atoms with van der Waals surface area (Å²) in [5.74, 6) is 0.886. The van der Waals surface area contributed by atoms with E-state index >= 15 is 0 Å². The lowest BCUT2D eigenvalue weighted by atomic mass is 10.1. The van der Waals surface area contributed by atoms with Gasteiger partial charge >= 0.3 is 0 Å². The number of carbonyl (C=O) groups is 1. The second-order valence-electron chi connectivity index (χ2n) is 5.53. The van der Waals surface area contributed by atoms with E-state index in [1.165, 1.54) is 0 Å². The van der Waals surface area contributed by atoms with E-state index in [0.717, 1.165) is 34.2 Å². The second-order valence-corrected chi connectivity index (χ2v) is 5.53. The first-order chi connectivity index (χ1) is 11.2. The van der Waals surface area contributed by atoms with Gasteiger partial charge in [0.2, 0.25) is 5.91 Å². The molecule has 4 heteroatoms. The van der Waals surface area contributed by atoms with E-state index in [2.05, 4.69) is 10.3 Å². The van der Waals surface area contributed by atoms with Gasteiger partial charge < -0.3 is 15.0 Å². The first-order valence-electron chi connectivity index (χ1n) is 7.70. The molecule has 2 N–H and O–H groups in total. The van der Waals surface area contributed by atoms with Crippen molar-refractivity contribution in [1.82, 2.24) is 10.3 Å². The largest absolute Gasteiger partial charge is 0.497 e. The van der Waals surface area contributed by atoms with E-state index < -0.39 is 0 Å². The van der Waals surface area contributed by atoms with Crippen LogP contribution in [0.25, 0.3) is 10.9 Å². The Labute approximate surface area is 135 Å². The second kappa shape index (κ2) is 7.01. The van der Waals surface area contributed by atoms with Crippen LogP contribution in [0.2, 0.25) is 0 Å². The molecule has 0 saturated carbocycles. The summed E-state index contributed by atoms with van der Waals surface area (Å²) in [6.45, 7) is 0.623. The summed E-state index contributed by atoms with van der Waals surface area (Å²) in [5, 5.41) is 4.10. The maximum Gasteiger partial charge on any atom is 0.224 e. The average Bonchev–Trinajstić information content (AvgIpc) is 3.02. The molecular weight excluding hydrogens is 288 g/mol. The van der Waals surface area contributed by atoms with Gasteiger partial charge in [0.15, 0.2) is 0 Å². The minimum absolute atomic E-state index is 0.0442. The maximum absolute atomic E-state index is 12.1. The number of amides is 1. The number of hydrogen-bond donors (Lipinski definition) is 2. The number of carbonyl (C=O) groups excluding carboxylic acids is 1. The number of hydrogen-bond acceptors (Lipinski definition) is 2. The molecule has 1 aromatic heterocycles. The van der Waals surface area contributed by atoms with Crippen LogP contribution in [-0.4, -0.2) is 24.5 Å². The minimum Gasteiger partial charge on any atom is -0.497 e. The number of aromatic nitrogens is 1. The third kappa shape index (κ3) is 3.92. The van der Waals surface area contributed by atoms with Crippen LogP contribution in [0, 0.1) is 0 Å². The number of methoxy groups -OCH3 is 1. The summed E-state index contributed by atoms with van der Waals surface area (Å²) in [4.78, 5) is 15.2. The fraction of sp³-hybridized carbons (Fsp3) is 0.211. The van der Waals surface area contributed by atoms with Gasteiger partial charge in [-0.05, 0) is 53.3 Å². The van der Waals surface area contributed by atoms with Gasteiger partial charge in [0.1, 0.15) is 5.75 Å². The van der Waals surface area contributed by atoms with Crippen LogP contribution in [0.4, 0.5) is 0 Å². The van der Waals surface area contributed by atoms with E-state index in [1.807, 2.05) is 54.7 Å². The highest BCUT2D eigenvalue weighted by Gasteiger charge is 2.05. The molecule has 4 nitrogen and oxygen atoms in total. The Morgan fingerprint density at radius 3 is 2.91 bits per heavy atom. The number of fused-ring (bicyclic) bond motifs is 1. The molecule has 0 atom stereocenters. The van der Waals surface area contributed by atoms with Gasteiger partial charge in [0, 0.05) is 18.3 Å². The fourth-order valence-electron chi connectivity index (χ4n) is 2.63. The van der Waals surface area contributed by atoms with Crippen LogP contribution >= 0.6 is 0 Å². The zero-order valence-electron chi connectivity index (χ0n) is 13.1. The number of nitrogens with one attached hydrogen (secondary N) is 2. The standard InChI is InChI=1S/C19H20N2O2/c1-23-17-4-2-3-14(12-17)7-9-21-19(22)13-15-5-6-18-16(11-15)8-10-20-18/h2-6,8,10-12,20H,7,9,13H2,1H3,(H,21,22). The van der Waals surface area contributed by atoms with Crippen molar-refractivity contribution in [1.29, 1.82) is 0 Å². The highest BCUT2D eigenvalue weighted by Crippen LogP contribution is 2.15. The average molecular weight is 308 g/mol.